The monoisotopic (exact) mass is 251 g/mol. The number of primary amides is 1. The van der Waals surface area contributed by atoms with Crippen molar-refractivity contribution >= 4 is 11.9 Å². The van der Waals surface area contributed by atoms with Crippen molar-refractivity contribution in [3.05, 3.63) is 12.4 Å². The lowest BCUT2D eigenvalue weighted by molar-refractivity contribution is -0.119. The zero-order chi connectivity index (χ0) is 12.8. The lowest BCUT2D eigenvalue weighted by atomic mass is 10.1. The number of hydrogen-bond acceptors (Lipinski definition) is 6. The predicted molar refractivity (Wildman–Crippen MR) is 66.2 cm³/mol. The highest BCUT2D eigenvalue weighted by Crippen LogP contribution is 2.12. The fourth-order valence-corrected chi connectivity index (χ4v) is 1.77. The minimum absolute atomic E-state index is 0.162. The number of aromatic nitrogens is 2. The minimum Gasteiger partial charge on any atom is -0.481 e. The topological polar surface area (TPSA) is 102 Å². The molecule has 0 radical (unpaired) electrons. The Labute approximate surface area is 105 Å². The maximum Gasteiger partial charge on any atom is 0.255 e. The molecule has 7 nitrogen and oxygen atoms in total. The van der Waals surface area contributed by atoms with E-state index in [-0.39, 0.29) is 6.61 Å². The van der Waals surface area contributed by atoms with Crippen LogP contribution in [0.1, 0.15) is 12.8 Å². The van der Waals surface area contributed by atoms with Crippen LogP contribution >= 0.6 is 0 Å². The van der Waals surface area contributed by atoms with Crippen molar-refractivity contribution in [1.29, 1.82) is 0 Å². The van der Waals surface area contributed by atoms with E-state index in [4.69, 9.17) is 10.5 Å². The third-order valence-corrected chi connectivity index (χ3v) is 2.68. The number of nitrogens with two attached hydrogens (primary N) is 1. The molecule has 0 atom stereocenters. The van der Waals surface area contributed by atoms with Gasteiger partial charge in [-0.15, -0.1) is 0 Å². The third kappa shape index (κ3) is 3.85. The van der Waals surface area contributed by atoms with E-state index in [2.05, 4.69) is 20.6 Å². The molecule has 0 unspecified atom stereocenters. The molecule has 1 amide bonds. The quantitative estimate of drug-likeness (QED) is 0.652. The molecule has 1 aromatic rings. The van der Waals surface area contributed by atoms with Crippen LogP contribution in [-0.4, -0.2) is 41.6 Å². The number of rotatable bonds is 5. The maximum absolute atomic E-state index is 10.5. The van der Waals surface area contributed by atoms with Gasteiger partial charge >= 0.3 is 0 Å². The normalized spacial score (nSPS) is 16.2. The third-order valence-electron chi connectivity index (χ3n) is 2.68. The highest BCUT2D eigenvalue weighted by atomic mass is 16.5. The average molecular weight is 251 g/mol. The molecule has 2 heterocycles. The highest BCUT2D eigenvalue weighted by molar-refractivity contribution is 5.75. The Bertz CT molecular complexity index is 389. The number of hydrogen-bond donors (Lipinski definition) is 3. The van der Waals surface area contributed by atoms with Gasteiger partial charge in [0.2, 0.25) is 5.95 Å². The highest BCUT2D eigenvalue weighted by Gasteiger charge is 2.13. The van der Waals surface area contributed by atoms with E-state index in [0.29, 0.717) is 17.7 Å². The Kier molecular flexibility index (Phi) is 4.30. The number of anilines is 1. The average Bonchev–Trinajstić information content (AvgIpc) is 2.39. The lowest BCUT2D eigenvalue weighted by Gasteiger charge is -2.23. The lowest BCUT2D eigenvalue weighted by Crippen LogP contribution is -2.35. The second kappa shape index (κ2) is 6.15. The summed E-state index contributed by atoms with van der Waals surface area (Å²) < 4.78 is 5.08. The van der Waals surface area contributed by atoms with Gasteiger partial charge in [0.25, 0.3) is 5.91 Å². The van der Waals surface area contributed by atoms with Gasteiger partial charge in [0.1, 0.15) is 0 Å². The van der Waals surface area contributed by atoms with Crippen LogP contribution in [0.2, 0.25) is 0 Å². The van der Waals surface area contributed by atoms with Gasteiger partial charge in [-0.05, 0) is 25.9 Å². The smallest absolute Gasteiger partial charge is 0.255 e. The molecular formula is C11H17N5O2. The van der Waals surface area contributed by atoms with Gasteiger partial charge < -0.3 is 21.1 Å². The molecule has 2 rings (SSSR count). The number of nitrogens with zero attached hydrogens (tertiary/aromatic N) is 2. The summed E-state index contributed by atoms with van der Waals surface area (Å²) >= 11 is 0. The molecule has 1 fully saturated rings. The molecule has 0 spiro atoms. The van der Waals surface area contributed by atoms with Crippen LogP contribution < -0.4 is 21.1 Å². The summed E-state index contributed by atoms with van der Waals surface area (Å²) in [6, 6.07) is 0.406. The van der Waals surface area contributed by atoms with Crippen molar-refractivity contribution in [3.8, 4) is 5.75 Å². The second-order valence-corrected chi connectivity index (χ2v) is 4.17. The zero-order valence-electron chi connectivity index (χ0n) is 10.1. The second-order valence-electron chi connectivity index (χ2n) is 4.17. The number of ether oxygens (including phenoxy) is 1. The summed E-state index contributed by atoms with van der Waals surface area (Å²) in [6.45, 7) is 1.86. The summed E-state index contributed by atoms with van der Waals surface area (Å²) in [5, 5.41) is 6.56. The van der Waals surface area contributed by atoms with E-state index in [0.717, 1.165) is 25.9 Å². The Morgan fingerprint density at radius 2 is 2.11 bits per heavy atom. The molecule has 18 heavy (non-hydrogen) atoms. The van der Waals surface area contributed by atoms with Crippen LogP contribution in [0.4, 0.5) is 5.95 Å². The fourth-order valence-electron chi connectivity index (χ4n) is 1.77. The summed E-state index contributed by atoms with van der Waals surface area (Å²) in [4.78, 5) is 18.8. The van der Waals surface area contributed by atoms with Crippen LogP contribution in [0.3, 0.4) is 0 Å². The Morgan fingerprint density at radius 3 is 2.72 bits per heavy atom. The Hall–Kier alpha value is -1.89. The fraction of sp³-hybridized carbons (Fsp3) is 0.545. The van der Waals surface area contributed by atoms with Gasteiger partial charge in [-0.3, -0.25) is 4.79 Å². The minimum atomic E-state index is -0.521. The van der Waals surface area contributed by atoms with E-state index in [1.54, 1.807) is 0 Å². The first-order valence-electron chi connectivity index (χ1n) is 5.94. The number of carbonyl (C=O) groups is 1. The van der Waals surface area contributed by atoms with E-state index in [1.807, 2.05) is 0 Å². The first-order chi connectivity index (χ1) is 8.74. The Balaban J connectivity index is 1.84. The molecule has 1 aliphatic rings. The van der Waals surface area contributed by atoms with Gasteiger partial charge in [0, 0.05) is 6.04 Å². The summed E-state index contributed by atoms with van der Waals surface area (Å²) in [5.74, 6) is 0.491. The molecule has 1 saturated heterocycles. The van der Waals surface area contributed by atoms with Crippen LogP contribution in [-0.2, 0) is 4.79 Å². The molecule has 1 aliphatic heterocycles. The SMILES string of the molecule is NC(=O)COc1cnc(NC2CCNCC2)nc1. The van der Waals surface area contributed by atoms with Crippen molar-refractivity contribution in [2.45, 2.75) is 18.9 Å². The molecule has 0 aromatic carbocycles. The van der Waals surface area contributed by atoms with Crippen molar-refractivity contribution in [2.24, 2.45) is 5.73 Å². The van der Waals surface area contributed by atoms with Crippen molar-refractivity contribution in [3.63, 3.8) is 0 Å². The predicted octanol–water partition coefficient (Wildman–Crippen LogP) is -0.495. The largest absolute Gasteiger partial charge is 0.481 e. The zero-order valence-corrected chi connectivity index (χ0v) is 10.1. The summed E-state index contributed by atoms with van der Waals surface area (Å²) in [6.07, 6.45) is 5.17. The van der Waals surface area contributed by atoms with E-state index < -0.39 is 5.91 Å². The number of nitrogens with one attached hydrogen (secondary N) is 2. The Morgan fingerprint density at radius 1 is 1.44 bits per heavy atom. The van der Waals surface area contributed by atoms with Crippen LogP contribution in [0.25, 0.3) is 0 Å². The number of carbonyl (C=O) groups excluding carboxylic acids is 1. The molecular weight excluding hydrogens is 234 g/mol. The van der Waals surface area contributed by atoms with Crippen molar-refractivity contribution < 1.29 is 9.53 Å². The van der Waals surface area contributed by atoms with E-state index >= 15 is 0 Å². The molecule has 98 valence electrons. The van der Waals surface area contributed by atoms with Crippen LogP contribution in [0.5, 0.6) is 5.75 Å². The summed E-state index contributed by atoms with van der Waals surface area (Å²) in [7, 11) is 0. The van der Waals surface area contributed by atoms with Crippen LogP contribution in [0, 0.1) is 0 Å². The van der Waals surface area contributed by atoms with Gasteiger partial charge in [-0.2, -0.15) is 0 Å². The molecule has 4 N–H and O–H groups in total. The van der Waals surface area contributed by atoms with Crippen molar-refractivity contribution in [2.75, 3.05) is 25.0 Å². The van der Waals surface area contributed by atoms with Crippen LogP contribution in [0.15, 0.2) is 12.4 Å². The molecule has 1 aromatic heterocycles. The molecule has 0 saturated carbocycles. The van der Waals surface area contributed by atoms with Gasteiger partial charge in [0.15, 0.2) is 12.4 Å². The van der Waals surface area contributed by atoms with Crippen molar-refractivity contribution in [1.82, 2.24) is 15.3 Å². The van der Waals surface area contributed by atoms with Gasteiger partial charge in [-0.1, -0.05) is 0 Å². The molecule has 0 aliphatic carbocycles. The van der Waals surface area contributed by atoms with E-state index in [9.17, 15) is 4.79 Å². The standard InChI is InChI=1S/C11H17N5O2/c12-10(17)7-18-9-5-14-11(15-6-9)16-8-1-3-13-4-2-8/h5-6,8,13H,1-4,7H2,(H2,12,17)(H,14,15,16). The number of amides is 1. The molecule has 0 bridgehead atoms. The first-order valence-corrected chi connectivity index (χ1v) is 5.94. The van der Waals surface area contributed by atoms with E-state index in [1.165, 1.54) is 12.4 Å². The van der Waals surface area contributed by atoms with Gasteiger partial charge in [-0.25, -0.2) is 9.97 Å². The maximum atomic E-state index is 10.5. The molecule has 7 heteroatoms. The van der Waals surface area contributed by atoms with Gasteiger partial charge in [0.05, 0.1) is 12.4 Å². The number of piperidine rings is 1. The summed E-state index contributed by atoms with van der Waals surface area (Å²) in [5.41, 5.74) is 4.97. The first kappa shape index (κ1) is 12.6.